The van der Waals surface area contributed by atoms with Crippen LogP contribution in [0.25, 0.3) is 0 Å². The molecule has 7 nitrogen and oxygen atoms in total. The number of nitro benzene ring substituents is 2. The minimum absolute atomic E-state index is 0.0700. The monoisotopic (exact) mass is 549 g/mol. The van der Waals surface area contributed by atoms with E-state index in [0.29, 0.717) is 22.4 Å². The van der Waals surface area contributed by atoms with Gasteiger partial charge in [0.15, 0.2) is 0 Å². The highest BCUT2D eigenvalue weighted by molar-refractivity contribution is 8.00. The fraction of sp³-hybridized carbons (Fsp3) is 0.280. The lowest BCUT2D eigenvalue weighted by Crippen LogP contribution is -2.32. The van der Waals surface area contributed by atoms with Gasteiger partial charge in [-0.2, -0.15) is 13.2 Å². The van der Waals surface area contributed by atoms with Crippen molar-refractivity contribution in [2.24, 2.45) is 5.92 Å². The van der Waals surface area contributed by atoms with E-state index in [0.717, 1.165) is 6.07 Å². The fourth-order valence-electron chi connectivity index (χ4n) is 5.41. The summed E-state index contributed by atoms with van der Waals surface area (Å²) in [4.78, 5) is 22.3. The summed E-state index contributed by atoms with van der Waals surface area (Å²) < 4.78 is 41.9. The van der Waals surface area contributed by atoms with E-state index in [-0.39, 0.29) is 28.2 Å². The summed E-state index contributed by atoms with van der Waals surface area (Å²) >= 11 is 8.19. The third kappa shape index (κ3) is 4.61. The van der Waals surface area contributed by atoms with Crippen LogP contribution in [-0.4, -0.2) is 20.5 Å². The summed E-state index contributed by atoms with van der Waals surface area (Å²) in [7, 11) is 0. The molecule has 0 amide bonds. The normalized spacial score (nSPS) is 24.6. The maximum Gasteiger partial charge on any atom is 0.418 e. The molecule has 1 saturated carbocycles. The average Bonchev–Trinajstić information content (AvgIpc) is 3.18. The number of rotatable bonds is 5. The molecule has 5 rings (SSSR count). The molecular formula is C25H19ClF3N3O4S. The molecule has 1 fully saturated rings. The van der Waals surface area contributed by atoms with E-state index in [1.54, 1.807) is 30.3 Å². The van der Waals surface area contributed by atoms with Crippen LogP contribution in [0.5, 0.6) is 0 Å². The lowest BCUT2D eigenvalue weighted by Gasteiger charge is -2.39. The molecule has 0 bridgehead atoms. The van der Waals surface area contributed by atoms with Crippen molar-refractivity contribution in [3.05, 3.63) is 104 Å². The van der Waals surface area contributed by atoms with Crippen molar-refractivity contribution in [1.29, 1.82) is 0 Å². The summed E-state index contributed by atoms with van der Waals surface area (Å²) in [6.07, 6.45) is -4.19. The van der Waals surface area contributed by atoms with E-state index in [4.69, 9.17) is 11.6 Å². The second-order valence-electron chi connectivity index (χ2n) is 8.99. The van der Waals surface area contributed by atoms with Crippen molar-refractivity contribution < 1.29 is 23.0 Å². The number of halogens is 4. The highest BCUT2D eigenvalue weighted by Gasteiger charge is 2.52. The van der Waals surface area contributed by atoms with Crippen molar-refractivity contribution in [2.45, 2.75) is 40.1 Å². The molecule has 1 heterocycles. The van der Waals surface area contributed by atoms with E-state index >= 15 is 0 Å². The number of benzene rings is 3. The number of fused-ring (bicyclic) bond motifs is 3. The van der Waals surface area contributed by atoms with Gasteiger partial charge in [-0.3, -0.25) is 20.2 Å². The maximum atomic E-state index is 14.0. The van der Waals surface area contributed by atoms with Gasteiger partial charge in [-0.05, 0) is 35.6 Å². The molecule has 5 atom stereocenters. The quantitative estimate of drug-likeness (QED) is 0.200. The third-order valence-electron chi connectivity index (χ3n) is 6.93. The first kappa shape index (κ1) is 25.3. The van der Waals surface area contributed by atoms with Crippen LogP contribution >= 0.6 is 23.4 Å². The zero-order chi connectivity index (χ0) is 26.5. The Balaban J connectivity index is 1.60. The molecule has 1 aliphatic carbocycles. The predicted octanol–water partition coefficient (Wildman–Crippen LogP) is 7.56. The first-order valence-electron chi connectivity index (χ1n) is 11.3. The largest absolute Gasteiger partial charge is 0.418 e. The fourth-order valence-corrected chi connectivity index (χ4v) is 7.36. The van der Waals surface area contributed by atoms with E-state index in [1.165, 1.54) is 42.1 Å². The first-order valence-corrected chi connectivity index (χ1v) is 12.6. The van der Waals surface area contributed by atoms with Crippen LogP contribution in [0.1, 0.15) is 35.1 Å². The summed E-state index contributed by atoms with van der Waals surface area (Å²) in [5, 5.41) is 25.0. The van der Waals surface area contributed by atoms with Crippen LogP contribution in [0.15, 0.2) is 71.6 Å². The van der Waals surface area contributed by atoms with E-state index in [2.05, 4.69) is 5.32 Å². The first-order chi connectivity index (χ1) is 17.6. The van der Waals surface area contributed by atoms with Crippen LogP contribution < -0.4 is 5.32 Å². The molecule has 0 aromatic heterocycles. The van der Waals surface area contributed by atoms with Gasteiger partial charge in [-0.25, -0.2) is 0 Å². The van der Waals surface area contributed by atoms with Crippen LogP contribution in [0.2, 0.25) is 0 Å². The Kier molecular flexibility index (Phi) is 6.53. The van der Waals surface area contributed by atoms with Gasteiger partial charge < -0.3 is 5.32 Å². The van der Waals surface area contributed by atoms with Crippen molar-refractivity contribution in [2.75, 3.05) is 5.32 Å². The molecule has 192 valence electrons. The summed E-state index contributed by atoms with van der Waals surface area (Å²) in [6.45, 7) is 0. The topological polar surface area (TPSA) is 98.3 Å². The molecule has 12 heteroatoms. The number of nitrogens with one attached hydrogen (secondary N) is 1. The van der Waals surface area contributed by atoms with Crippen LogP contribution in [0.4, 0.5) is 30.2 Å². The Hall–Kier alpha value is -3.31. The van der Waals surface area contributed by atoms with Crippen molar-refractivity contribution in [3.8, 4) is 0 Å². The van der Waals surface area contributed by atoms with Crippen molar-refractivity contribution in [1.82, 2.24) is 0 Å². The average molecular weight is 550 g/mol. The molecule has 2 aliphatic rings. The zero-order valence-corrected chi connectivity index (χ0v) is 20.5. The molecular weight excluding hydrogens is 531 g/mol. The van der Waals surface area contributed by atoms with E-state index < -0.39 is 38.9 Å². The van der Waals surface area contributed by atoms with Gasteiger partial charge >= 0.3 is 6.18 Å². The Morgan fingerprint density at radius 2 is 1.70 bits per heavy atom. The van der Waals surface area contributed by atoms with Gasteiger partial charge in [0.05, 0.1) is 37.4 Å². The lowest BCUT2D eigenvalue weighted by molar-refractivity contribution is -0.387. The maximum absolute atomic E-state index is 14.0. The molecule has 1 aliphatic heterocycles. The van der Waals surface area contributed by atoms with Gasteiger partial charge in [0.2, 0.25) is 0 Å². The Bertz CT molecular complexity index is 1390. The minimum Gasteiger partial charge on any atom is -0.377 e. The van der Waals surface area contributed by atoms with Crippen molar-refractivity contribution in [3.63, 3.8) is 0 Å². The van der Waals surface area contributed by atoms with Crippen LogP contribution in [0.3, 0.4) is 0 Å². The minimum atomic E-state index is -4.63. The number of nitrogens with zero attached hydrogens (tertiary/aromatic N) is 2. The molecule has 37 heavy (non-hydrogen) atoms. The SMILES string of the molecule is O=[N+]([O-])c1cccc([C@@H]2Nc3c(cccc3C(F)(F)F)[C@@H]3[C@H](Cl)[C@H](Sc4ccccc4[N+](=O)[O-])C[C@H]32)c1. The molecule has 3 aromatic carbocycles. The molecule has 0 radical (unpaired) electrons. The third-order valence-corrected chi connectivity index (χ3v) is 9.05. The second kappa shape index (κ2) is 9.53. The molecule has 0 unspecified atom stereocenters. The highest BCUT2D eigenvalue weighted by Crippen LogP contribution is 2.59. The summed E-state index contributed by atoms with van der Waals surface area (Å²) in [6, 6.07) is 15.4. The molecule has 0 spiro atoms. The van der Waals surface area contributed by atoms with Crippen LogP contribution in [0, 0.1) is 26.1 Å². The van der Waals surface area contributed by atoms with E-state index in [9.17, 15) is 33.4 Å². The number of thioether (sulfide) groups is 1. The highest BCUT2D eigenvalue weighted by atomic mass is 35.5. The zero-order valence-electron chi connectivity index (χ0n) is 18.9. The summed E-state index contributed by atoms with van der Waals surface area (Å²) in [5.74, 6) is -0.814. The van der Waals surface area contributed by atoms with Gasteiger partial charge in [0, 0.05) is 29.4 Å². The van der Waals surface area contributed by atoms with Crippen LogP contribution in [-0.2, 0) is 6.18 Å². The van der Waals surface area contributed by atoms with Gasteiger partial charge in [0.25, 0.3) is 11.4 Å². The standard InChI is InChI=1S/C25H19ClF3N3O4S/c26-22-20(37-19-10-2-1-9-18(19)32(35)36)12-16-21(22)15-7-4-8-17(25(27,28)29)24(15)30-23(16)13-5-3-6-14(11-13)31(33)34/h1-11,16,20-23,30H,12H2/t16-,20-,21+,22-,23+/m1/s1. The van der Waals surface area contributed by atoms with Gasteiger partial charge in [-0.15, -0.1) is 23.4 Å². The predicted molar refractivity (Wildman–Crippen MR) is 134 cm³/mol. The van der Waals surface area contributed by atoms with Gasteiger partial charge in [-0.1, -0.05) is 36.4 Å². The number of alkyl halides is 4. The molecule has 1 N–H and O–H groups in total. The summed E-state index contributed by atoms with van der Waals surface area (Å²) in [5.41, 5.74) is -0.261. The smallest absolute Gasteiger partial charge is 0.377 e. The molecule has 0 saturated heterocycles. The number of hydrogen-bond donors (Lipinski definition) is 1. The number of non-ortho nitro benzene ring substituents is 1. The molecule has 3 aromatic rings. The Labute approximate surface area is 218 Å². The number of anilines is 1. The second-order valence-corrected chi connectivity index (χ2v) is 10.8. The lowest BCUT2D eigenvalue weighted by atomic mass is 9.76. The number of para-hydroxylation sites is 2. The van der Waals surface area contributed by atoms with Gasteiger partial charge in [0.1, 0.15) is 0 Å². The van der Waals surface area contributed by atoms with Crippen molar-refractivity contribution >= 4 is 40.4 Å². The van der Waals surface area contributed by atoms with E-state index in [1.807, 2.05) is 0 Å². The number of nitro groups is 2. The number of hydrogen-bond acceptors (Lipinski definition) is 6. The Morgan fingerprint density at radius 1 is 0.973 bits per heavy atom. The Morgan fingerprint density at radius 3 is 2.41 bits per heavy atom.